The Bertz CT molecular complexity index is 1380. The first-order valence-electron chi connectivity index (χ1n) is 11.8. The molecule has 0 unspecified atom stereocenters. The van der Waals surface area contributed by atoms with Gasteiger partial charge in [0.2, 0.25) is 12.4 Å². The van der Waals surface area contributed by atoms with E-state index in [1.54, 1.807) is 0 Å². The maximum atomic E-state index is 13.0. The van der Waals surface area contributed by atoms with Gasteiger partial charge >= 0.3 is 23.9 Å². The van der Waals surface area contributed by atoms with E-state index in [1.807, 2.05) is 0 Å². The van der Waals surface area contributed by atoms with Gasteiger partial charge in [0, 0.05) is 22.0 Å². The molecule has 4 atom stereocenters. The molecule has 0 saturated carbocycles. The zero-order valence-corrected chi connectivity index (χ0v) is 23.0. The van der Waals surface area contributed by atoms with Crippen LogP contribution in [0.15, 0.2) is 72.8 Å². The Balaban J connectivity index is 1.59. The molecular weight excluding hydrogens is 587 g/mol. The van der Waals surface area contributed by atoms with Crippen molar-refractivity contribution < 1.29 is 42.9 Å². The second-order valence-electron chi connectivity index (χ2n) is 8.51. The van der Waals surface area contributed by atoms with E-state index in [0.29, 0.717) is 15.1 Å². The van der Waals surface area contributed by atoms with Crippen molar-refractivity contribution in [2.75, 3.05) is 6.61 Å². The normalized spacial score (nSPS) is 19.9. The third kappa shape index (κ3) is 7.51. The summed E-state index contributed by atoms with van der Waals surface area (Å²) in [6.07, 6.45) is -5.42. The summed E-state index contributed by atoms with van der Waals surface area (Å²) in [5.74, 6) is -3.10. The number of hydrogen-bond donors (Lipinski definition) is 0. The second-order valence-corrected chi connectivity index (χ2v) is 9.82. The summed E-state index contributed by atoms with van der Waals surface area (Å²) in [5.41, 5.74) is 0.478. The fourth-order valence-corrected chi connectivity index (χ4v) is 4.11. The van der Waals surface area contributed by atoms with E-state index >= 15 is 0 Å². The molecule has 208 valence electrons. The standard InChI is InChI=1S/C28H21Cl3O9/c1-15(32)37-28-24(40-27(35)18-6-12-21(31)13-7-18)23(39-26(34)17-4-10-20(30)11-5-17)22(38-28)14-36-25(33)16-2-8-19(29)9-3-16/h2-13,22-24,28H,14H2,1H3/t22-,23-,24-,28+/m1/s1. The van der Waals surface area contributed by atoms with Crippen LogP contribution in [0.4, 0.5) is 0 Å². The first-order chi connectivity index (χ1) is 19.1. The van der Waals surface area contributed by atoms with E-state index < -0.39 is 55.1 Å². The number of halogens is 3. The highest BCUT2D eigenvalue weighted by Crippen LogP contribution is 2.30. The molecule has 3 aromatic rings. The van der Waals surface area contributed by atoms with E-state index in [4.69, 9.17) is 58.5 Å². The van der Waals surface area contributed by atoms with E-state index in [1.165, 1.54) is 72.8 Å². The minimum atomic E-state index is -1.48. The molecule has 0 spiro atoms. The SMILES string of the molecule is CC(=O)O[C@H]1O[C@H](COC(=O)c2ccc(Cl)cc2)[C@@H](OC(=O)c2ccc(Cl)cc2)[C@H]1OC(=O)c1ccc(Cl)cc1. The molecule has 0 aliphatic carbocycles. The lowest BCUT2D eigenvalue weighted by Crippen LogP contribution is -2.42. The number of hydrogen-bond acceptors (Lipinski definition) is 9. The average Bonchev–Trinajstić information content (AvgIpc) is 3.22. The largest absolute Gasteiger partial charge is 0.459 e. The van der Waals surface area contributed by atoms with Crippen LogP contribution in [-0.4, -0.2) is 55.1 Å². The van der Waals surface area contributed by atoms with Crippen molar-refractivity contribution in [3.05, 3.63) is 105 Å². The molecule has 4 rings (SSSR count). The first kappa shape index (κ1) is 29.4. The summed E-state index contributed by atoms with van der Waals surface area (Å²) in [5, 5.41) is 1.23. The Morgan fingerprint density at radius 3 is 1.45 bits per heavy atom. The number of ether oxygens (including phenoxy) is 5. The quantitative estimate of drug-likeness (QED) is 0.240. The fraction of sp³-hybridized carbons (Fsp3) is 0.214. The molecule has 0 radical (unpaired) electrons. The zero-order valence-electron chi connectivity index (χ0n) is 20.8. The molecule has 0 amide bonds. The van der Waals surface area contributed by atoms with Gasteiger partial charge in [-0.05, 0) is 72.8 Å². The molecule has 1 aliphatic rings. The van der Waals surface area contributed by atoms with Crippen LogP contribution in [0.2, 0.25) is 15.1 Å². The van der Waals surface area contributed by atoms with Gasteiger partial charge in [0.15, 0.2) is 6.10 Å². The molecule has 9 nitrogen and oxygen atoms in total. The monoisotopic (exact) mass is 606 g/mol. The van der Waals surface area contributed by atoms with Crippen LogP contribution in [-0.2, 0) is 28.5 Å². The van der Waals surface area contributed by atoms with E-state index in [-0.39, 0.29) is 16.7 Å². The molecule has 0 aromatic heterocycles. The zero-order chi connectivity index (χ0) is 28.8. The van der Waals surface area contributed by atoms with Crippen molar-refractivity contribution in [3.63, 3.8) is 0 Å². The van der Waals surface area contributed by atoms with Crippen LogP contribution in [0.25, 0.3) is 0 Å². The van der Waals surface area contributed by atoms with Gasteiger partial charge in [0.05, 0.1) is 16.7 Å². The Kier molecular flexibility index (Phi) is 9.65. The smallest absolute Gasteiger partial charge is 0.338 e. The predicted molar refractivity (Wildman–Crippen MR) is 143 cm³/mol. The summed E-state index contributed by atoms with van der Waals surface area (Å²) in [4.78, 5) is 50.4. The van der Waals surface area contributed by atoms with Crippen molar-refractivity contribution in [1.29, 1.82) is 0 Å². The molecule has 1 heterocycles. The first-order valence-corrected chi connectivity index (χ1v) is 12.9. The minimum absolute atomic E-state index is 0.131. The van der Waals surface area contributed by atoms with Crippen LogP contribution < -0.4 is 0 Å². The second kappa shape index (κ2) is 13.1. The van der Waals surface area contributed by atoms with Gasteiger partial charge in [-0.25, -0.2) is 14.4 Å². The molecule has 0 bridgehead atoms. The summed E-state index contributed by atoms with van der Waals surface area (Å²) < 4.78 is 27.7. The predicted octanol–water partition coefficient (Wildman–Crippen LogP) is 5.54. The van der Waals surface area contributed by atoms with Gasteiger partial charge in [-0.3, -0.25) is 4.79 Å². The van der Waals surface area contributed by atoms with Crippen molar-refractivity contribution >= 4 is 58.7 Å². The van der Waals surface area contributed by atoms with E-state index in [0.717, 1.165) is 6.92 Å². The third-order valence-corrected chi connectivity index (χ3v) is 6.41. The topological polar surface area (TPSA) is 114 Å². The van der Waals surface area contributed by atoms with E-state index in [9.17, 15) is 19.2 Å². The van der Waals surface area contributed by atoms with Gasteiger partial charge in [0.1, 0.15) is 12.7 Å². The minimum Gasteiger partial charge on any atom is -0.459 e. The van der Waals surface area contributed by atoms with Crippen molar-refractivity contribution in [2.45, 2.75) is 31.5 Å². The van der Waals surface area contributed by atoms with Gasteiger partial charge < -0.3 is 23.7 Å². The fourth-order valence-electron chi connectivity index (χ4n) is 3.73. The highest BCUT2D eigenvalue weighted by atomic mass is 35.5. The Morgan fingerprint density at radius 2 is 1.02 bits per heavy atom. The molecule has 3 aromatic carbocycles. The van der Waals surface area contributed by atoms with Crippen LogP contribution in [0.3, 0.4) is 0 Å². The molecular formula is C28H21Cl3O9. The average molecular weight is 608 g/mol. The Hall–Kier alpha value is -3.63. The maximum Gasteiger partial charge on any atom is 0.338 e. The summed E-state index contributed by atoms with van der Waals surface area (Å²) in [6.45, 7) is 0.691. The number of esters is 4. The number of benzene rings is 3. The Morgan fingerprint density at radius 1 is 0.625 bits per heavy atom. The third-order valence-electron chi connectivity index (χ3n) is 5.65. The highest BCUT2D eigenvalue weighted by Gasteiger charge is 2.52. The van der Waals surface area contributed by atoms with Crippen LogP contribution in [0.5, 0.6) is 0 Å². The molecule has 1 aliphatic heterocycles. The highest BCUT2D eigenvalue weighted by molar-refractivity contribution is 6.31. The summed E-state index contributed by atoms with van der Waals surface area (Å²) >= 11 is 17.7. The van der Waals surface area contributed by atoms with Gasteiger partial charge in [-0.15, -0.1) is 0 Å². The lowest BCUT2D eigenvalue weighted by molar-refractivity contribution is -0.187. The van der Waals surface area contributed by atoms with Crippen molar-refractivity contribution in [2.24, 2.45) is 0 Å². The van der Waals surface area contributed by atoms with Crippen LogP contribution in [0, 0.1) is 0 Å². The van der Waals surface area contributed by atoms with Gasteiger partial charge in [0.25, 0.3) is 0 Å². The van der Waals surface area contributed by atoms with Crippen molar-refractivity contribution in [3.8, 4) is 0 Å². The van der Waals surface area contributed by atoms with Crippen LogP contribution >= 0.6 is 34.8 Å². The van der Waals surface area contributed by atoms with Gasteiger partial charge in [-0.1, -0.05) is 34.8 Å². The number of carbonyl (C=O) groups excluding carboxylic acids is 4. The molecule has 1 saturated heterocycles. The number of carbonyl (C=O) groups is 4. The summed E-state index contributed by atoms with van der Waals surface area (Å²) in [7, 11) is 0. The maximum absolute atomic E-state index is 13.0. The van der Waals surface area contributed by atoms with Gasteiger partial charge in [-0.2, -0.15) is 0 Å². The molecule has 40 heavy (non-hydrogen) atoms. The molecule has 1 fully saturated rings. The Labute approximate surface area is 243 Å². The molecule has 0 N–H and O–H groups in total. The lowest BCUT2D eigenvalue weighted by atomic mass is 10.1. The lowest BCUT2D eigenvalue weighted by Gasteiger charge is -2.24. The van der Waals surface area contributed by atoms with E-state index in [2.05, 4.69) is 0 Å². The molecule has 12 heteroatoms. The summed E-state index contributed by atoms with van der Waals surface area (Å²) in [6, 6.07) is 17.7. The van der Waals surface area contributed by atoms with Crippen LogP contribution in [0.1, 0.15) is 38.0 Å². The van der Waals surface area contributed by atoms with Crippen molar-refractivity contribution in [1.82, 2.24) is 0 Å². The number of rotatable bonds is 8.